The molecule has 1 saturated heterocycles. The van der Waals surface area contributed by atoms with Crippen LogP contribution in [0.1, 0.15) is 6.42 Å². The van der Waals surface area contributed by atoms with E-state index < -0.39 is 0 Å². The van der Waals surface area contributed by atoms with E-state index in [2.05, 4.69) is 11.9 Å². The number of carbonyl (C=O) groups is 1. The second kappa shape index (κ2) is 3.22. The molecule has 1 atom stereocenters. The zero-order valence-corrected chi connectivity index (χ0v) is 7.50. The van der Waals surface area contributed by atoms with Gasteiger partial charge in [0, 0.05) is 20.6 Å². The summed E-state index contributed by atoms with van der Waals surface area (Å²) in [6.07, 6.45) is 1.02. The zero-order chi connectivity index (χ0) is 8.43. The molecule has 64 valence electrons. The number of rotatable bonds is 1. The summed E-state index contributed by atoms with van der Waals surface area (Å²) < 4.78 is 0. The number of hydrogen-bond donors (Lipinski definition) is 0. The minimum absolute atomic E-state index is 0.245. The van der Waals surface area contributed by atoms with Crippen LogP contribution in [0.2, 0.25) is 0 Å². The molecule has 1 rings (SSSR count). The molecule has 1 aliphatic rings. The minimum Gasteiger partial charge on any atom is -0.349 e. The largest absolute Gasteiger partial charge is 0.349 e. The molecule has 1 amide bonds. The third-order valence-corrected chi connectivity index (χ3v) is 2.18. The Hall–Kier alpha value is -0.570. The van der Waals surface area contributed by atoms with Crippen LogP contribution in [-0.4, -0.2) is 49.9 Å². The molecule has 3 nitrogen and oxygen atoms in total. The Morgan fingerprint density at radius 3 is 2.55 bits per heavy atom. The van der Waals surface area contributed by atoms with Crippen molar-refractivity contribution in [2.24, 2.45) is 5.92 Å². The van der Waals surface area contributed by atoms with Crippen molar-refractivity contribution in [2.45, 2.75) is 6.42 Å². The fourth-order valence-corrected chi connectivity index (χ4v) is 1.50. The molecule has 11 heavy (non-hydrogen) atoms. The van der Waals surface area contributed by atoms with Crippen LogP contribution in [0.15, 0.2) is 0 Å². The predicted molar refractivity (Wildman–Crippen MR) is 44.3 cm³/mol. The van der Waals surface area contributed by atoms with Gasteiger partial charge in [0.2, 0.25) is 5.91 Å². The Bertz CT molecular complexity index is 156. The number of hydrogen-bond acceptors (Lipinski definition) is 2. The summed E-state index contributed by atoms with van der Waals surface area (Å²) >= 11 is 0. The second-order valence-corrected chi connectivity index (χ2v) is 3.48. The van der Waals surface area contributed by atoms with Gasteiger partial charge in [0.15, 0.2) is 0 Å². The topological polar surface area (TPSA) is 23.6 Å². The number of amides is 1. The Labute approximate surface area is 68.0 Å². The molecule has 0 spiro atoms. The number of carbonyl (C=O) groups excluding carboxylic acids is 1. The van der Waals surface area contributed by atoms with E-state index in [-0.39, 0.29) is 11.8 Å². The van der Waals surface area contributed by atoms with Gasteiger partial charge in [0.05, 0.1) is 5.92 Å². The molecule has 3 heteroatoms. The lowest BCUT2D eigenvalue weighted by atomic mass is 10.1. The molecule has 1 heterocycles. The van der Waals surface area contributed by atoms with E-state index in [4.69, 9.17) is 0 Å². The summed E-state index contributed by atoms with van der Waals surface area (Å²) in [4.78, 5) is 15.3. The van der Waals surface area contributed by atoms with Crippen LogP contribution in [-0.2, 0) is 4.79 Å². The Morgan fingerprint density at radius 1 is 1.55 bits per heavy atom. The second-order valence-electron chi connectivity index (χ2n) is 3.48. The van der Waals surface area contributed by atoms with Crippen molar-refractivity contribution < 1.29 is 4.79 Å². The fourth-order valence-electron chi connectivity index (χ4n) is 1.50. The summed E-state index contributed by atoms with van der Waals surface area (Å²) in [7, 11) is 5.70. The average molecular weight is 156 g/mol. The van der Waals surface area contributed by atoms with Crippen molar-refractivity contribution in [3.8, 4) is 0 Å². The third kappa shape index (κ3) is 1.93. The van der Waals surface area contributed by atoms with Gasteiger partial charge in [-0.05, 0) is 20.0 Å². The van der Waals surface area contributed by atoms with E-state index in [0.29, 0.717) is 0 Å². The molecule has 1 aliphatic heterocycles. The van der Waals surface area contributed by atoms with Crippen molar-refractivity contribution in [1.29, 1.82) is 0 Å². The Morgan fingerprint density at radius 2 is 2.18 bits per heavy atom. The first-order valence-electron chi connectivity index (χ1n) is 4.01. The van der Waals surface area contributed by atoms with Gasteiger partial charge in [-0.15, -0.1) is 0 Å². The van der Waals surface area contributed by atoms with Gasteiger partial charge < -0.3 is 9.80 Å². The van der Waals surface area contributed by atoms with E-state index in [1.807, 2.05) is 14.1 Å². The van der Waals surface area contributed by atoms with Crippen LogP contribution in [0.25, 0.3) is 0 Å². The highest BCUT2D eigenvalue weighted by Crippen LogP contribution is 2.15. The average Bonchev–Trinajstić information content (AvgIpc) is 2.34. The molecular formula is C8H16N2O. The maximum atomic E-state index is 11.4. The molecule has 0 radical (unpaired) electrons. The van der Waals surface area contributed by atoms with Crippen LogP contribution in [0.3, 0.4) is 0 Å². The molecule has 0 aromatic carbocycles. The Kier molecular flexibility index (Phi) is 2.49. The van der Waals surface area contributed by atoms with E-state index in [0.717, 1.165) is 19.5 Å². The molecule has 0 unspecified atom stereocenters. The van der Waals surface area contributed by atoms with Crippen LogP contribution >= 0.6 is 0 Å². The summed E-state index contributed by atoms with van der Waals surface area (Å²) in [6, 6.07) is 0. The van der Waals surface area contributed by atoms with Gasteiger partial charge in [0.1, 0.15) is 0 Å². The standard InChI is InChI=1S/C8H16N2O/c1-9(2)8(11)7-4-5-10(3)6-7/h7H,4-6H2,1-3H3/t7-/m1/s1. The highest BCUT2D eigenvalue weighted by Gasteiger charge is 2.26. The molecule has 0 bridgehead atoms. The first-order chi connectivity index (χ1) is 5.11. The molecule has 0 aliphatic carbocycles. The van der Waals surface area contributed by atoms with Gasteiger partial charge in [-0.3, -0.25) is 4.79 Å². The maximum absolute atomic E-state index is 11.4. The highest BCUT2D eigenvalue weighted by molar-refractivity contribution is 5.78. The summed E-state index contributed by atoms with van der Waals surface area (Å²) in [5.41, 5.74) is 0. The van der Waals surface area contributed by atoms with Gasteiger partial charge in [-0.1, -0.05) is 0 Å². The lowest BCUT2D eigenvalue weighted by Crippen LogP contribution is -2.31. The summed E-state index contributed by atoms with van der Waals surface area (Å²) in [5.74, 6) is 0.518. The van der Waals surface area contributed by atoms with Crippen LogP contribution in [0.4, 0.5) is 0 Å². The summed E-state index contributed by atoms with van der Waals surface area (Å²) in [5, 5.41) is 0. The van der Waals surface area contributed by atoms with Gasteiger partial charge in [-0.2, -0.15) is 0 Å². The quantitative estimate of drug-likeness (QED) is 0.534. The van der Waals surface area contributed by atoms with Crippen LogP contribution < -0.4 is 0 Å². The molecule has 0 N–H and O–H groups in total. The lowest BCUT2D eigenvalue weighted by Gasteiger charge is -2.15. The van der Waals surface area contributed by atoms with Crippen LogP contribution in [0, 0.1) is 5.92 Å². The maximum Gasteiger partial charge on any atom is 0.226 e. The van der Waals surface area contributed by atoms with Gasteiger partial charge in [-0.25, -0.2) is 0 Å². The fraction of sp³-hybridized carbons (Fsp3) is 0.875. The van der Waals surface area contributed by atoms with Crippen molar-refractivity contribution >= 4 is 5.91 Å². The number of nitrogens with zero attached hydrogens (tertiary/aromatic N) is 2. The van der Waals surface area contributed by atoms with E-state index in [1.54, 1.807) is 4.90 Å². The van der Waals surface area contributed by atoms with E-state index in [9.17, 15) is 4.79 Å². The zero-order valence-electron chi connectivity index (χ0n) is 7.50. The molecule has 0 saturated carbocycles. The van der Waals surface area contributed by atoms with E-state index >= 15 is 0 Å². The molecule has 0 aromatic rings. The smallest absolute Gasteiger partial charge is 0.226 e. The highest BCUT2D eigenvalue weighted by atomic mass is 16.2. The normalized spacial score (nSPS) is 25.5. The first kappa shape index (κ1) is 8.53. The van der Waals surface area contributed by atoms with Crippen molar-refractivity contribution in [3.05, 3.63) is 0 Å². The lowest BCUT2D eigenvalue weighted by molar-refractivity contribution is -0.132. The summed E-state index contributed by atoms with van der Waals surface area (Å²) in [6.45, 7) is 1.99. The predicted octanol–water partition coefficient (Wildman–Crippen LogP) is 0.0263. The van der Waals surface area contributed by atoms with Crippen molar-refractivity contribution in [1.82, 2.24) is 9.80 Å². The Balaban J connectivity index is 2.43. The molecular weight excluding hydrogens is 140 g/mol. The molecule has 1 fully saturated rings. The minimum atomic E-state index is 0.245. The van der Waals surface area contributed by atoms with Gasteiger partial charge >= 0.3 is 0 Å². The van der Waals surface area contributed by atoms with Gasteiger partial charge in [0.25, 0.3) is 0 Å². The third-order valence-electron chi connectivity index (χ3n) is 2.18. The number of likely N-dealkylation sites (tertiary alicyclic amines) is 1. The van der Waals surface area contributed by atoms with Crippen molar-refractivity contribution in [3.63, 3.8) is 0 Å². The first-order valence-corrected chi connectivity index (χ1v) is 4.01. The molecule has 0 aromatic heterocycles. The SMILES string of the molecule is CN1CC[C@@H](C(=O)N(C)C)C1. The monoisotopic (exact) mass is 156 g/mol. The van der Waals surface area contributed by atoms with Crippen molar-refractivity contribution in [2.75, 3.05) is 34.2 Å². The van der Waals surface area contributed by atoms with E-state index in [1.165, 1.54) is 0 Å². The van der Waals surface area contributed by atoms with Crippen LogP contribution in [0.5, 0.6) is 0 Å².